The molecule has 0 aromatic carbocycles. The first-order chi connectivity index (χ1) is 7.70. The maximum absolute atomic E-state index is 11.0. The van der Waals surface area contributed by atoms with Crippen LogP contribution in [-0.4, -0.2) is 20.9 Å². The minimum absolute atomic E-state index is 0.345. The van der Waals surface area contributed by atoms with E-state index in [1.165, 1.54) is 12.8 Å². The second kappa shape index (κ2) is 4.68. The normalized spacial score (nSPS) is 15.3. The molecule has 1 aliphatic carbocycles. The third kappa shape index (κ3) is 2.62. The fraction of sp³-hybridized carbons (Fsp3) is 0.667. The van der Waals surface area contributed by atoms with E-state index in [4.69, 9.17) is 5.11 Å². The molecule has 2 rings (SSSR count). The molecule has 1 fully saturated rings. The molecule has 0 atom stereocenters. The van der Waals surface area contributed by atoms with Crippen LogP contribution >= 0.6 is 0 Å². The molecule has 0 unspecified atom stereocenters. The summed E-state index contributed by atoms with van der Waals surface area (Å²) < 4.78 is 1.67. The topological polar surface area (TPSA) is 55.1 Å². The van der Waals surface area contributed by atoms with Crippen molar-refractivity contribution in [2.45, 2.75) is 45.6 Å². The molecule has 1 aromatic rings. The maximum atomic E-state index is 11.0. The molecule has 4 heteroatoms. The van der Waals surface area contributed by atoms with Crippen LogP contribution in [0, 0.1) is 5.92 Å². The fourth-order valence-corrected chi connectivity index (χ4v) is 1.81. The Bertz CT molecular complexity index is 380. The summed E-state index contributed by atoms with van der Waals surface area (Å²) in [6.45, 7) is 2.90. The molecule has 4 nitrogen and oxygen atoms in total. The molecular formula is C12H18N2O2. The van der Waals surface area contributed by atoms with Gasteiger partial charge < -0.3 is 5.11 Å². The van der Waals surface area contributed by atoms with Gasteiger partial charge in [0.25, 0.3) is 0 Å². The fourth-order valence-electron chi connectivity index (χ4n) is 1.81. The molecular weight excluding hydrogens is 204 g/mol. The Labute approximate surface area is 95.3 Å². The number of hydrogen-bond donors (Lipinski definition) is 1. The van der Waals surface area contributed by atoms with Crippen molar-refractivity contribution >= 4 is 5.97 Å². The summed E-state index contributed by atoms with van der Waals surface area (Å²) in [5, 5.41) is 13.5. The average Bonchev–Trinajstić information content (AvgIpc) is 2.94. The Hall–Kier alpha value is -1.32. The molecule has 1 N–H and O–H groups in total. The van der Waals surface area contributed by atoms with Crippen LogP contribution in [0.15, 0.2) is 6.07 Å². The molecule has 0 spiro atoms. The van der Waals surface area contributed by atoms with Gasteiger partial charge in [-0.15, -0.1) is 0 Å². The number of aromatic carboxylic acids is 1. The standard InChI is InChI=1S/C12H18N2O2/c1-2-3-4-10-7-11(12(15)16)14(13-10)8-9-5-6-9/h7,9H,2-6,8H2,1H3,(H,15,16). The zero-order valence-electron chi connectivity index (χ0n) is 9.65. The van der Waals surface area contributed by atoms with Gasteiger partial charge in [0, 0.05) is 6.54 Å². The SMILES string of the molecule is CCCCc1cc(C(=O)O)n(CC2CC2)n1. The van der Waals surface area contributed by atoms with E-state index in [2.05, 4.69) is 12.0 Å². The van der Waals surface area contributed by atoms with Crippen molar-refractivity contribution in [3.63, 3.8) is 0 Å². The monoisotopic (exact) mass is 222 g/mol. The van der Waals surface area contributed by atoms with Crippen LogP contribution in [0.1, 0.15) is 48.8 Å². The third-order valence-electron chi connectivity index (χ3n) is 2.96. The number of nitrogens with zero attached hydrogens (tertiary/aromatic N) is 2. The van der Waals surface area contributed by atoms with E-state index in [0.717, 1.165) is 31.5 Å². The van der Waals surface area contributed by atoms with Crippen molar-refractivity contribution in [1.29, 1.82) is 0 Å². The quantitative estimate of drug-likeness (QED) is 0.803. The molecule has 1 saturated carbocycles. The first-order valence-electron chi connectivity index (χ1n) is 6.00. The Morgan fingerprint density at radius 2 is 2.38 bits per heavy atom. The second-order valence-corrected chi connectivity index (χ2v) is 4.56. The summed E-state index contributed by atoms with van der Waals surface area (Å²) in [5.74, 6) is -0.215. The van der Waals surface area contributed by atoms with Crippen LogP contribution in [0.5, 0.6) is 0 Å². The first kappa shape index (κ1) is 11.2. The molecule has 1 aromatic heterocycles. The maximum Gasteiger partial charge on any atom is 0.354 e. The molecule has 1 heterocycles. The van der Waals surface area contributed by atoms with E-state index in [1.807, 2.05) is 0 Å². The third-order valence-corrected chi connectivity index (χ3v) is 2.96. The van der Waals surface area contributed by atoms with E-state index in [0.29, 0.717) is 11.6 Å². The summed E-state index contributed by atoms with van der Waals surface area (Å²) in [6.07, 6.45) is 5.48. The molecule has 0 saturated heterocycles. The number of carboxylic acids is 1. The van der Waals surface area contributed by atoms with Gasteiger partial charge in [0.1, 0.15) is 5.69 Å². The van der Waals surface area contributed by atoms with Crippen molar-refractivity contribution in [2.24, 2.45) is 5.92 Å². The van der Waals surface area contributed by atoms with Gasteiger partial charge in [-0.2, -0.15) is 5.10 Å². The highest BCUT2D eigenvalue weighted by Gasteiger charge is 2.25. The Kier molecular flexibility index (Phi) is 3.27. The van der Waals surface area contributed by atoms with Crippen LogP contribution in [0.3, 0.4) is 0 Å². The Morgan fingerprint density at radius 3 is 2.94 bits per heavy atom. The van der Waals surface area contributed by atoms with Gasteiger partial charge in [-0.3, -0.25) is 4.68 Å². The van der Waals surface area contributed by atoms with Crippen molar-refractivity contribution < 1.29 is 9.90 Å². The number of rotatable bonds is 6. The van der Waals surface area contributed by atoms with Crippen molar-refractivity contribution in [3.05, 3.63) is 17.5 Å². The average molecular weight is 222 g/mol. The molecule has 16 heavy (non-hydrogen) atoms. The van der Waals surface area contributed by atoms with Gasteiger partial charge in [0.15, 0.2) is 0 Å². The van der Waals surface area contributed by atoms with Crippen molar-refractivity contribution in [1.82, 2.24) is 9.78 Å². The smallest absolute Gasteiger partial charge is 0.354 e. The minimum atomic E-state index is -0.865. The number of unbranched alkanes of at least 4 members (excludes halogenated alkanes) is 1. The minimum Gasteiger partial charge on any atom is -0.477 e. The van der Waals surface area contributed by atoms with Crippen LogP contribution < -0.4 is 0 Å². The highest BCUT2D eigenvalue weighted by atomic mass is 16.4. The van der Waals surface area contributed by atoms with Gasteiger partial charge >= 0.3 is 5.97 Å². The van der Waals surface area contributed by atoms with Gasteiger partial charge in [-0.05, 0) is 37.7 Å². The molecule has 0 aliphatic heterocycles. The highest BCUT2D eigenvalue weighted by molar-refractivity contribution is 5.85. The molecule has 88 valence electrons. The lowest BCUT2D eigenvalue weighted by Crippen LogP contribution is -2.11. The Balaban J connectivity index is 2.12. The molecule has 0 radical (unpaired) electrons. The number of hydrogen-bond acceptors (Lipinski definition) is 2. The van der Waals surface area contributed by atoms with Crippen LogP contribution in [0.2, 0.25) is 0 Å². The Morgan fingerprint density at radius 1 is 1.62 bits per heavy atom. The van der Waals surface area contributed by atoms with Gasteiger partial charge in [0.05, 0.1) is 5.69 Å². The van der Waals surface area contributed by atoms with E-state index < -0.39 is 5.97 Å². The van der Waals surface area contributed by atoms with Crippen molar-refractivity contribution in [2.75, 3.05) is 0 Å². The predicted octanol–water partition coefficient (Wildman–Crippen LogP) is 2.33. The van der Waals surface area contributed by atoms with Crippen LogP contribution in [-0.2, 0) is 13.0 Å². The number of aryl methyl sites for hydroxylation is 1. The number of aromatic nitrogens is 2. The lowest BCUT2D eigenvalue weighted by Gasteiger charge is -2.01. The highest BCUT2D eigenvalue weighted by Crippen LogP contribution is 2.30. The zero-order valence-corrected chi connectivity index (χ0v) is 9.65. The number of carbonyl (C=O) groups is 1. The van der Waals surface area contributed by atoms with E-state index >= 15 is 0 Å². The summed E-state index contributed by atoms with van der Waals surface area (Å²) in [5.41, 5.74) is 1.26. The van der Waals surface area contributed by atoms with Gasteiger partial charge in [-0.1, -0.05) is 13.3 Å². The van der Waals surface area contributed by atoms with Crippen molar-refractivity contribution in [3.8, 4) is 0 Å². The largest absolute Gasteiger partial charge is 0.477 e. The lowest BCUT2D eigenvalue weighted by molar-refractivity contribution is 0.0682. The summed E-state index contributed by atoms with van der Waals surface area (Å²) in [6, 6.07) is 1.72. The zero-order chi connectivity index (χ0) is 11.5. The second-order valence-electron chi connectivity index (χ2n) is 4.56. The van der Waals surface area contributed by atoms with Gasteiger partial charge in [0.2, 0.25) is 0 Å². The van der Waals surface area contributed by atoms with Crippen LogP contribution in [0.4, 0.5) is 0 Å². The summed E-state index contributed by atoms with van der Waals surface area (Å²) in [4.78, 5) is 11.0. The summed E-state index contributed by atoms with van der Waals surface area (Å²) >= 11 is 0. The molecule has 0 amide bonds. The molecule has 0 bridgehead atoms. The summed E-state index contributed by atoms with van der Waals surface area (Å²) in [7, 11) is 0. The van der Waals surface area contributed by atoms with E-state index in [9.17, 15) is 4.79 Å². The predicted molar refractivity (Wildman–Crippen MR) is 60.5 cm³/mol. The lowest BCUT2D eigenvalue weighted by atomic mass is 10.2. The van der Waals surface area contributed by atoms with E-state index in [-0.39, 0.29) is 0 Å². The van der Waals surface area contributed by atoms with Crippen LogP contribution in [0.25, 0.3) is 0 Å². The number of carboxylic acid groups (broad SMARTS) is 1. The molecule has 1 aliphatic rings. The first-order valence-corrected chi connectivity index (χ1v) is 6.00. The van der Waals surface area contributed by atoms with Gasteiger partial charge in [-0.25, -0.2) is 4.79 Å². The van der Waals surface area contributed by atoms with E-state index in [1.54, 1.807) is 10.7 Å².